The summed E-state index contributed by atoms with van der Waals surface area (Å²) in [5.74, 6) is 5.38. The summed E-state index contributed by atoms with van der Waals surface area (Å²) in [7, 11) is 0. The zero-order valence-electron chi connectivity index (χ0n) is 12.5. The van der Waals surface area contributed by atoms with E-state index in [1.165, 1.54) is 0 Å². The van der Waals surface area contributed by atoms with E-state index in [2.05, 4.69) is 21.4 Å². The number of nitrogens with two attached hydrogens (primary N) is 1. The standard InChI is InChI=1S/C15H20BrN3O3/c1-2-22-13-4-3-11(16)9-12(13)15(21)19-7-5-10(6-8-19)14(20)18-17/h3-4,9-10H,2,5-8,17H2,1H3,(H,18,20). The van der Waals surface area contributed by atoms with Gasteiger partial charge in [-0.15, -0.1) is 0 Å². The molecule has 0 aliphatic carbocycles. The van der Waals surface area contributed by atoms with Crippen molar-refractivity contribution in [3.05, 3.63) is 28.2 Å². The maximum absolute atomic E-state index is 12.7. The van der Waals surface area contributed by atoms with Crippen molar-refractivity contribution in [1.82, 2.24) is 10.3 Å². The third-order valence-corrected chi connectivity index (χ3v) is 4.26. The van der Waals surface area contributed by atoms with Crippen LogP contribution in [0.1, 0.15) is 30.1 Å². The van der Waals surface area contributed by atoms with Crippen LogP contribution in [0.15, 0.2) is 22.7 Å². The number of amides is 2. The zero-order chi connectivity index (χ0) is 16.1. The number of likely N-dealkylation sites (tertiary alicyclic amines) is 1. The Hall–Kier alpha value is -1.60. The molecule has 7 heteroatoms. The van der Waals surface area contributed by atoms with Gasteiger partial charge < -0.3 is 9.64 Å². The zero-order valence-corrected chi connectivity index (χ0v) is 14.1. The van der Waals surface area contributed by atoms with E-state index in [0.29, 0.717) is 43.9 Å². The van der Waals surface area contributed by atoms with E-state index in [0.717, 1.165) is 4.47 Å². The summed E-state index contributed by atoms with van der Waals surface area (Å²) in [6, 6.07) is 5.40. The van der Waals surface area contributed by atoms with Gasteiger partial charge in [-0.2, -0.15) is 0 Å². The molecular weight excluding hydrogens is 350 g/mol. The molecule has 0 bridgehead atoms. The highest BCUT2D eigenvalue weighted by Gasteiger charge is 2.28. The van der Waals surface area contributed by atoms with Crippen LogP contribution in [-0.2, 0) is 4.79 Å². The number of rotatable bonds is 4. The van der Waals surface area contributed by atoms with Crippen LogP contribution in [0.3, 0.4) is 0 Å². The molecule has 6 nitrogen and oxygen atoms in total. The molecule has 1 aromatic rings. The Balaban J connectivity index is 2.10. The number of halogens is 1. The molecule has 0 saturated carbocycles. The van der Waals surface area contributed by atoms with Crippen molar-refractivity contribution in [1.29, 1.82) is 0 Å². The Labute approximate surface area is 138 Å². The topological polar surface area (TPSA) is 84.7 Å². The second kappa shape index (κ2) is 7.60. The largest absolute Gasteiger partial charge is 0.493 e. The second-order valence-electron chi connectivity index (χ2n) is 5.15. The molecule has 0 atom stereocenters. The van der Waals surface area contributed by atoms with Crippen LogP contribution >= 0.6 is 15.9 Å². The Morgan fingerprint density at radius 1 is 1.41 bits per heavy atom. The van der Waals surface area contributed by atoms with Crippen molar-refractivity contribution in [2.75, 3.05) is 19.7 Å². The molecule has 3 N–H and O–H groups in total. The number of carbonyl (C=O) groups is 2. The normalized spacial score (nSPS) is 15.5. The molecule has 1 aromatic carbocycles. The summed E-state index contributed by atoms with van der Waals surface area (Å²) in [5, 5.41) is 0. The predicted octanol–water partition coefficient (Wildman–Crippen LogP) is 1.69. The third-order valence-electron chi connectivity index (χ3n) is 3.77. The van der Waals surface area contributed by atoms with Gasteiger partial charge in [-0.3, -0.25) is 15.0 Å². The van der Waals surface area contributed by atoms with E-state index < -0.39 is 0 Å². The van der Waals surface area contributed by atoms with Gasteiger partial charge in [0.2, 0.25) is 5.91 Å². The van der Waals surface area contributed by atoms with Crippen LogP contribution in [0.2, 0.25) is 0 Å². The van der Waals surface area contributed by atoms with Gasteiger partial charge in [0.25, 0.3) is 5.91 Å². The van der Waals surface area contributed by atoms with Crippen LogP contribution in [0, 0.1) is 5.92 Å². The van der Waals surface area contributed by atoms with Crippen molar-refractivity contribution in [3.8, 4) is 5.75 Å². The third kappa shape index (κ3) is 3.78. The van der Waals surface area contributed by atoms with Gasteiger partial charge in [0, 0.05) is 23.5 Å². The molecule has 1 saturated heterocycles. The van der Waals surface area contributed by atoms with Crippen molar-refractivity contribution >= 4 is 27.7 Å². The van der Waals surface area contributed by atoms with Gasteiger partial charge in [0.05, 0.1) is 12.2 Å². The van der Waals surface area contributed by atoms with Crippen LogP contribution in [0.4, 0.5) is 0 Å². The molecule has 2 rings (SSSR count). The van der Waals surface area contributed by atoms with Gasteiger partial charge in [-0.25, -0.2) is 5.84 Å². The number of hydrogen-bond acceptors (Lipinski definition) is 4. The highest BCUT2D eigenvalue weighted by atomic mass is 79.9. The summed E-state index contributed by atoms with van der Waals surface area (Å²) in [6.45, 7) is 3.46. The summed E-state index contributed by atoms with van der Waals surface area (Å²) >= 11 is 3.38. The lowest BCUT2D eigenvalue weighted by Gasteiger charge is -2.31. The Bertz CT molecular complexity index is 557. The molecule has 0 spiro atoms. The minimum atomic E-state index is -0.162. The lowest BCUT2D eigenvalue weighted by atomic mass is 9.95. The van der Waals surface area contributed by atoms with Crippen molar-refractivity contribution in [2.45, 2.75) is 19.8 Å². The van der Waals surface area contributed by atoms with E-state index in [9.17, 15) is 9.59 Å². The van der Waals surface area contributed by atoms with Crippen LogP contribution in [0.5, 0.6) is 5.75 Å². The fourth-order valence-corrected chi connectivity index (χ4v) is 2.94. The summed E-state index contributed by atoms with van der Waals surface area (Å²) in [5.41, 5.74) is 2.71. The quantitative estimate of drug-likeness (QED) is 0.480. The minimum Gasteiger partial charge on any atom is -0.493 e. The fraction of sp³-hybridized carbons (Fsp3) is 0.467. The molecule has 1 aliphatic heterocycles. The smallest absolute Gasteiger partial charge is 0.257 e. The molecule has 0 aromatic heterocycles. The summed E-state index contributed by atoms with van der Waals surface area (Å²) in [6.07, 6.45) is 1.24. The number of ether oxygens (including phenoxy) is 1. The van der Waals surface area contributed by atoms with Crippen LogP contribution < -0.4 is 16.0 Å². The van der Waals surface area contributed by atoms with E-state index in [4.69, 9.17) is 10.6 Å². The van der Waals surface area contributed by atoms with Gasteiger partial charge in [0.1, 0.15) is 5.75 Å². The lowest BCUT2D eigenvalue weighted by molar-refractivity contribution is -0.126. The Kier molecular flexibility index (Phi) is 5.79. The average Bonchev–Trinajstić information content (AvgIpc) is 2.55. The first-order valence-corrected chi connectivity index (χ1v) is 8.08. The Morgan fingerprint density at radius 2 is 2.09 bits per heavy atom. The highest BCUT2D eigenvalue weighted by molar-refractivity contribution is 9.10. The lowest BCUT2D eigenvalue weighted by Crippen LogP contribution is -2.44. The number of hydrogen-bond donors (Lipinski definition) is 2. The SMILES string of the molecule is CCOc1ccc(Br)cc1C(=O)N1CCC(C(=O)NN)CC1. The van der Waals surface area contributed by atoms with E-state index in [1.54, 1.807) is 17.0 Å². The summed E-state index contributed by atoms with van der Waals surface area (Å²) in [4.78, 5) is 26.0. The number of carbonyl (C=O) groups excluding carboxylic acids is 2. The molecule has 22 heavy (non-hydrogen) atoms. The van der Waals surface area contributed by atoms with Crippen molar-refractivity contribution in [2.24, 2.45) is 11.8 Å². The first kappa shape index (κ1) is 16.8. The molecule has 120 valence electrons. The van der Waals surface area contributed by atoms with Gasteiger partial charge in [0.15, 0.2) is 0 Å². The minimum absolute atomic E-state index is 0.0728. The number of hydrazine groups is 1. The molecule has 0 unspecified atom stereocenters. The van der Waals surface area contributed by atoms with Crippen LogP contribution in [-0.4, -0.2) is 36.4 Å². The number of nitrogens with zero attached hydrogens (tertiary/aromatic N) is 1. The average molecular weight is 370 g/mol. The fourth-order valence-electron chi connectivity index (χ4n) is 2.58. The van der Waals surface area contributed by atoms with Crippen molar-refractivity contribution < 1.29 is 14.3 Å². The van der Waals surface area contributed by atoms with E-state index in [-0.39, 0.29) is 17.7 Å². The maximum Gasteiger partial charge on any atom is 0.257 e. The summed E-state index contributed by atoms with van der Waals surface area (Å²) < 4.78 is 6.36. The van der Waals surface area contributed by atoms with E-state index in [1.807, 2.05) is 13.0 Å². The number of benzene rings is 1. The predicted molar refractivity (Wildman–Crippen MR) is 86.3 cm³/mol. The molecule has 1 aliphatic rings. The monoisotopic (exact) mass is 369 g/mol. The Morgan fingerprint density at radius 3 is 2.68 bits per heavy atom. The molecule has 2 amide bonds. The van der Waals surface area contributed by atoms with Crippen molar-refractivity contribution in [3.63, 3.8) is 0 Å². The molecule has 0 radical (unpaired) electrons. The van der Waals surface area contributed by atoms with Gasteiger partial charge in [-0.05, 0) is 38.0 Å². The van der Waals surface area contributed by atoms with Crippen LogP contribution in [0.25, 0.3) is 0 Å². The number of nitrogens with one attached hydrogen (secondary N) is 1. The first-order chi connectivity index (χ1) is 10.6. The molecular formula is C15H20BrN3O3. The first-order valence-electron chi connectivity index (χ1n) is 7.29. The second-order valence-corrected chi connectivity index (χ2v) is 6.06. The van der Waals surface area contributed by atoms with Gasteiger partial charge in [-0.1, -0.05) is 15.9 Å². The number of piperidine rings is 1. The maximum atomic E-state index is 12.7. The molecule has 1 fully saturated rings. The highest BCUT2D eigenvalue weighted by Crippen LogP contribution is 2.27. The van der Waals surface area contributed by atoms with E-state index >= 15 is 0 Å². The van der Waals surface area contributed by atoms with Gasteiger partial charge >= 0.3 is 0 Å². The molecule has 1 heterocycles.